The van der Waals surface area contributed by atoms with E-state index in [4.69, 9.17) is 5.73 Å². The van der Waals surface area contributed by atoms with Gasteiger partial charge in [-0.25, -0.2) is 0 Å². The Hall–Kier alpha value is -0.424. The second-order valence-electron chi connectivity index (χ2n) is 6.45. The second-order valence-corrected chi connectivity index (χ2v) is 8.22. The summed E-state index contributed by atoms with van der Waals surface area (Å²) in [6, 6.07) is 6.19. The molecule has 0 saturated carbocycles. The third-order valence-corrected chi connectivity index (χ3v) is 5.97. The minimum Gasteiger partial charge on any atom is -0.548 e. The predicted octanol–water partition coefficient (Wildman–Crippen LogP) is -4.01. The fourth-order valence-electron chi connectivity index (χ4n) is 3.18. The third-order valence-electron chi connectivity index (χ3n) is 4.40. The number of nitrogens with zero attached hydrogens (tertiary/aromatic N) is 1. The molecule has 3 N–H and O–H groups in total. The summed E-state index contributed by atoms with van der Waals surface area (Å²) in [4.78, 5) is 37.2. The summed E-state index contributed by atoms with van der Waals surface area (Å²) in [7, 11) is 0. The van der Waals surface area contributed by atoms with Gasteiger partial charge < -0.3 is 25.9 Å². The van der Waals surface area contributed by atoms with Gasteiger partial charge >= 0.3 is 51.4 Å². The molecule has 0 aliphatic carbocycles. The van der Waals surface area contributed by atoms with Crippen LogP contribution >= 0.6 is 11.8 Å². The van der Waals surface area contributed by atoms with E-state index in [0.29, 0.717) is 5.56 Å². The summed E-state index contributed by atoms with van der Waals surface area (Å²) in [5.41, 5.74) is 6.57. The average Bonchev–Trinajstić information content (AvgIpc) is 2.80. The number of thioether (sulfide) groups is 1. The number of fused-ring (bicyclic) bond motifs is 1. The number of nitrogens with two attached hydrogens (primary N) is 1. The van der Waals surface area contributed by atoms with Crippen LogP contribution in [-0.4, -0.2) is 44.9 Å². The Morgan fingerprint density at radius 2 is 1.92 bits per heavy atom. The fourth-order valence-corrected chi connectivity index (χ4v) is 4.80. The van der Waals surface area contributed by atoms with Gasteiger partial charge in [-0.15, -0.1) is 11.8 Å². The van der Waals surface area contributed by atoms with Gasteiger partial charge in [0.05, 0.1) is 12.0 Å². The zero-order valence-electron chi connectivity index (χ0n) is 14.3. The van der Waals surface area contributed by atoms with Gasteiger partial charge in [0, 0.05) is 4.75 Å². The normalized spacial score (nSPS) is 27.6. The Bertz CT molecular complexity index is 700. The van der Waals surface area contributed by atoms with Crippen LogP contribution in [0.15, 0.2) is 30.3 Å². The van der Waals surface area contributed by atoms with E-state index in [1.54, 1.807) is 38.1 Å². The van der Waals surface area contributed by atoms with Crippen LogP contribution in [0.2, 0.25) is 0 Å². The van der Waals surface area contributed by atoms with Crippen LogP contribution in [0.4, 0.5) is 0 Å². The maximum absolute atomic E-state index is 12.3. The Labute approximate surface area is 192 Å². The van der Waals surface area contributed by atoms with Gasteiger partial charge in [-0.05, 0) is 19.4 Å². The number of nitrogens with one attached hydrogen (secondary N) is 1. The molecule has 2 amide bonds. The number of carbonyl (C=O) groups is 3. The van der Waals surface area contributed by atoms with Crippen molar-refractivity contribution in [1.29, 1.82) is 0 Å². The monoisotopic (exact) mass is 387 g/mol. The molecular weight excluding hydrogens is 369 g/mol. The molecule has 2 saturated heterocycles. The molecule has 1 aromatic carbocycles. The first kappa shape index (κ1) is 20.9. The summed E-state index contributed by atoms with van der Waals surface area (Å²) >= 11 is 1.34. The van der Waals surface area contributed by atoms with Crippen molar-refractivity contribution < 1.29 is 70.9 Å². The van der Waals surface area contributed by atoms with Crippen molar-refractivity contribution in [3.05, 3.63) is 35.9 Å². The van der Waals surface area contributed by atoms with Gasteiger partial charge in [0.1, 0.15) is 17.5 Å². The molecule has 0 radical (unpaired) electrons. The molecule has 7 nitrogen and oxygen atoms in total. The van der Waals surface area contributed by atoms with E-state index in [0.717, 1.165) is 0 Å². The molecular formula is C16H18KN3O4S. The van der Waals surface area contributed by atoms with Crippen molar-refractivity contribution >= 4 is 29.5 Å². The van der Waals surface area contributed by atoms with E-state index in [1.165, 1.54) is 16.7 Å². The van der Waals surface area contributed by atoms with Gasteiger partial charge in [-0.3, -0.25) is 9.59 Å². The van der Waals surface area contributed by atoms with Crippen molar-refractivity contribution in [2.24, 2.45) is 5.73 Å². The molecule has 2 aliphatic heterocycles. The first-order valence-corrected chi connectivity index (χ1v) is 8.44. The SMILES string of the molecule is CC1(C)SC2C(NC(=O)C(N)c3ccccc3)C(=O)N2C1C(=O)[O-].[K+]. The maximum atomic E-state index is 12.3. The van der Waals surface area contributed by atoms with Crippen molar-refractivity contribution in [2.45, 2.75) is 42.1 Å². The van der Waals surface area contributed by atoms with E-state index in [-0.39, 0.29) is 51.4 Å². The smallest absolute Gasteiger partial charge is 0.548 e. The van der Waals surface area contributed by atoms with Gasteiger partial charge in [0.25, 0.3) is 0 Å². The average molecular weight is 388 g/mol. The fraction of sp³-hybridized carbons (Fsp3) is 0.438. The van der Waals surface area contributed by atoms with Crippen LogP contribution in [0, 0.1) is 0 Å². The van der Waals surface area contributed by atoms with Crippen molar-refractivity contribution in [3.8, 4) is 0 Å². The minimum atomic E-state index is -1.28. The first-order valence-electron chi connectivity index (χ1n) is 7.56. The summed E-state index contributed by atoms with van der Waals surface area (Å²) in [6.07, 6.45) is 0. The van der Waals surface area contributed by atoms with Gasteiger partial charge in [-0.1, -0.05) is 30.3 Å². The van der Waals surface area contributed by atoms with Crippen LogP contribution in [0.5, 0.6) is 0 Å². The number of rotatable bonds is 4. The third kappa shape index (κ3) is 3.68. The van der Waals surface area contributed by atoms with E-state index in [9.17, 15) is 19.5 Å². The molecule has 4 atom stereocenters. The molecule has 2 aliphatic rings. The summed E-state index contributed by atoms with van der Waals surface area (Å²) in [5, 5.41) is 13.6. The molecule has 25 heavy (non-hydrogen) atoms. The summed E-state index contributed by atoms with van der Waals surface area (Å²) in [6.45, 7) is 3.50. The maximum Gasteiger partial charge on any atom is 1.00 e. The summed E-state index contributed by atoms with van der Waals surface area (Å²) in [5.74, 6) is -2.16. The van der Waals surface area contributed by atoms with E-state index in [1.807, 2.05) is 6.07 Å². The molecule has 2 fully saturated rings. The van der Waals surface area contributed by atoms with Crippen molar-refractivity contribution in [2.75, 3.05) is 0 Å². The topological polar surface area (TPSA) is 116 Å². The minimum absolute atomic E-state index is 0. The number of amides is 2. The van der Waals surface area contributed by atoms with E-state index in [2.05, 4.69) is 5.32 Å². The van der Waals surface area contributed by atoms with Crippen LogP contribution in [0.25, 0.3) is 0 Å². The molecule has 4 unspecified atom stereocenters. The Kier molecular flexibility index (Phi) is 6.41. The van der Waals surface area contributed by atoms with Crippen LogP contribution in [-0.2, 0) is 14.4 Å². The quantitative estimate of drug-likeness (QED) is 0.402. The predicted molar refractivity (Wildman–Crippen MR) is 86.4 cm³/mol. The Balaban J connectivity index is 0.00000225. The largest absolute Gasteiger partial charge is 1.00 e. The molecule has 9 heteroatoms. The van der Waals surface area contributed by atoms with Crippen molar-refractivity contribution in [3.63, 3.8) is 0 Å². The molecule has 3 rings (SSSR count). The second kappa shape index (κ2) is 7.67. The zero-order chi connectivity index (χ0) is 17.6. The summed E-state index contributed by atoms with van der Waals surface area (Å²) < 4.78 is -0.680. The van der Waals surface area contributed by atoms with Gasteiger partial charge in [-0.2, -0.15) is 0 Å². The Morgan fingerprint density at radius 1 is 1.32 bits per heavy atom. The van der Waals surface area contributed by atoms with Crippen molar-refractivity contribution in [1.82, 2.24) is 10.2 Å². The first-order chi connectivity index (χ1) is 11.2. The molecule has 2 heterocycles. The van der Waals surface area contributed by atoms with E-state index >= 15 is 0 Å². The number of benzene rings is 1. The molecule has 0 aromatic heterocycles. The number of hydrogen-bond donors (Lipinski definition) is 2. The number of β-lactam (4-membered cyclic amide) rings is 1. The molecule has 0 bridgehead atoms. The van der Waals surface area contributed by atoms with Crippen LogP contribution in [0.3, 0.4) is 0 Å². The Morgan fingerprint density at radius 3 is 2.48 bits per heavy atom. The molecule has 128 valence electrons. The zero-order valence-corrected chi connectivity index (χ0v) is 18.2. The number of carboxylic acid groups (broad SMARTS) is 1. The molecule has 1 aromatic rings. The van der Waals surface area contributed by atoms with Gasteiger partial charge in [0.15, 0.2) is 0 Å². The number of hydrogen-bond acceptors (Lipinski definition) is 6. The standard InChI is InChI=1S/C16H19N3O4S.K/c1-16(2)11(15(22)23)19-13(21)10(14(19)24-16)18-12(20)9(17)8-6-4-3-5-7-8;/h3-7,9-11,14H,17H2,1-2H3,(H,18,20)(H,22,23);/q;+1/p-1. The van der Waals surface area contributed by atoms with Gasteiger partial charge in [0.2, 0.25) is 11.8 Å². The van der Waals surface area contributed by atoms with Crippen LogP contribution < -0.4 is 67.5 Å². The number of carboxylic acids is 1. The number of carbonyl (C=O) groups excluding carboxylic acids is 3. The van der Waals surface area contributed by atoms with Crippen LogP contribution in [0.1, 0.15) is 25.5 Å². The number of aliphatic carboxylic acids is 1. The molecule has 0 spiro atoms. The van der Waals surface area contributed by atoms with E-state index < -0.39 is 46.0 Å².